The first kappa shape index (κ1) is 16.1. The topological polar surface area (TPSA) is 47.6 Å². The van der Waals surface area contributed by atoms with Crippen molar-refractivity contribution in [1.29, 1.82) is 0 Å². The molecule has 7 heteroatoms. The summed E-state index contributed by atoms with van der Waals surface area (Å²) >= 11 is 0. The van der Waals surface area contributed by atoms with Gasteiger partial charge in [0.25, 0.3) is 0 Å². The first-order valence-corrected chi connectivity index (χ1v) is 5.99. The lowest BCUT2D eigenvalue weighted by Gasteiger charge is -2.11. The molecule has 0 fully saturated rings. The summed E-state index contributed by atoms with van der Waals surface area (Å²) < 4.78 is 45.1. The molecular formula is C13H16F3NO3. The summed E-state index contributed by atoms with van der Waals surface area (Å²) in [6, 6.07) is 6.35. The fraction of sp³-hybridized carbons (Fsp3) is 0.462. The molecule has 0 aliphatic heterocycles. The van der Waals surface area contributed by atoms with Crippen LogP contribution in [0.5, 0.6) is 5.75 Å². The number of benzene rings is 1. The molecule has 0 aliphatic carbocycles. The zero-order valence-electron chi connectivity index (χ0n) is 11.2. The maximum atomic E-state index is 11.9. The molecule has 0 bridgehead atoms. The van der Waals surface area contributed by atoms with Gasteiger partial charge < -0.3 is 9.47 Å². The van der Waals surface area contributed by atoms with Crippen LogP contribution in [-0.2, 0) is 4.74 Å². The Hall–Kier alpha value is -1.92. The van der Waals surface area contributed by atoms with Crippen molar-refractivity contribution < 1.29 is 27.4 Å². The van der Waals surface area contributed by atoms with E-state index in [1.165, 1.54) is 12.1 Å². The van der Waals surface area contributed by atoms with Crippen LogP contribution in [0.1, 0.15) is 13.8 Å². The first-order chi connectivity index (χ1) is 9.26. The lowest BCUT2D eigenvalue weighted by Crippen LogP contribution is -2.23. The first-order valence-electron chi connectivity index (χ1n) is 5.99. The Kier molecular flexibility index (Phi) is 5.66. The van der Waals surface area contributed by atoms with Gasteiger partial charge in [0.05, 0.1) is 6.61 Å². The van der Waals surface area contributed by atoms with Crippen molar-refractivity contribution in [3.8, 4) is 5.75 Å². The van der Waals surface area contributed by atoms with Crippen molar-refractivity contribution in [3.05, 3.63) is 24.3 Å². The van der Waals surface area contributed by atoms with Crippen LogP contribution in [-0.4, -0.2) is 25.5 Å². The zero-order chi connectivity index (χ0) is 15.2. The highest BCUT2D eigenvalue weighted by Crippen LogP contribution is 2.19. The minimum Gasteiger partial charge on any atom is -0.493 e. The summed E-state index contributed by atoms with van der Waals surface area (Å²) in [4.78, 5) is 11.2. The number of carbonyl (C=O) groups is 1. The van der Waals surface area contributed by atoms with Crippen LogP contribution in [0.2, 0.25) is 0 Å². The molecule has 1 rings (SSSR count). The number of anilines is 1. The van der Waals surface area contributed by atoms with Crippen LogP contribution >= 0.6 is 0 Å². The molecule has 0 saturated carbocycles. The van der Waals surface area contributed by atoms with Gasteiger partial charge in [0.1, 0.15) is 5.75 Å². The predicted octanol–water partition coefficient (Wildman–Crippen LogP) is 3.83. The van der Waals surface area contributed by atoms with Gasteiger partial charge in [-0.2, -0.15) is 13.2 Å². The third-order valence-corrected chi connectivity index (χ3v) is 2.03. The number of amides is 1. The Bertz CT molecular complexity index is 447. The van der Waals surface area contributed by atoms with Crippen molar-refractivity contribution in [3.63, 3.8) is 0 Å². The van der Waals surface area contributed by atoms with E-state index in [9.17, 15) is 18.0 Å². The summed E-state index contributed by atoms with van der Waals surface area (Å²) in [5, 5.41) is 2.20. The highest BCUT2D eigenvalue weighted by molar-refractivity contribution is 5.84. The number of hydrogen-bond donors (Lipinski definition) is 1. The minimum atomic E-state index is -4.54. The Labute approximate surface area is 114 Å². The third-order valence-electron chi connectivity index (χ3n) is 2.03. The van der Waals surface area contributed by atoms with Crippen molar-refractivity contribution >= 4 is 11.8 Å². The SMILES string of the molecule is CC(C)COc1cccc(NC(=O)OCC(F)(F)F)c1. The van der Waals surface area contributed by atoms with Crippen LogP contribution in [0.3, 0.4) is 0 Å². The minimum absolute atomic E-state index is 0.304. The van der Waals surface area contributed by atoms with Gasteiger partial charge in [-0.05, 0) is 18.1 Å². The number of hydrogen-bond acceptors (Lipinski definition) is 3. The Morgan fingerprint density at radius 3 is 2.65 bits per heavy atom. The van der Waals surface area contributed by atoms with E-state index in [0.717, 1.165) is 0 Å². The average Bonchev–Trinajstić information content (AvgIpc) is 2.34. The molecule has 0 atom stereocenters. The van der Waals surface area contributed by atoms with Crippen LogP contribution in [0.4, 0.5) is 23.7 Å². The summed E-state index contributed by atoms with van der Waals surface area (Å²) in [6.45, 7) is 2.84. The van der Waals surface area contributed by atoms with Crippen molar-refractivity contribution in [2.45, 2.75) is 20.0 Å². The Morgan fingerprint density at radius 1 is 1.35 bits per heavy atom. The molecule has 0 aromatic heterocycles. The molecule has 20 heavy (non-hydrogen) atoms. The Morgan fingerprint density at radius 2 is 2.05 bits per heavy atom. The molecule has 1 N–H and O–H groups in total. The molecular weight excluding hydrogens is 275 g/mol. The van der Waals surface area contributed by atoms with E-state index >= 15 is 0 Å². The predicted molar refractivity (Wildman–Crippen MR) is 67.8 cm³/mol. The smallest absolute Gasteiger partial charge is 0.422 e. The standard InChI is InChI=1S/C13H16F3NO3/c1-9(2)7-19-11-5-3-4-10(6-11)17-12(18)20-8-13(14,15)16/h3-6,9H,7-8H2,1-2H3,(H,17,18). The van der Waals surface area contributed by atoms with Crippen LogP contribution in [0.15, 0.2) is 24.3 Å². The molecule has 0 saturated heterocycles. The zero-order valence-corrected chi connectivity index (χ0v) is 11.2. The highest BCUT2D eigenvalue weighted by atomic mass is 19.4. The van der Waals surface area contributed by atoms with Gasteiger partial charge in [-0.3, -0.25) is 5.32 Å². The number of alkyl halides is 3. The average molecular weight is 291 g/mol. The van der Waals surface area contributed by atoms with Gasteiger partial charge in [-0.1, -0.05) is 19.9 Å². The molecule has 0 unspecified atom stereocenters. The van der Waals surface area contributed by atoms with E-state index in [1.54, 1.807) is 12.1 Å². The van der Waals surface area contributed by atoms with Crippen molar-refractivity contribution in [1.82, 2.24) is 0 Å². The number of ether oxygens (including phenoxy) is 2. The van der Waals surface area contributed by atoms with Crippen LogP contribution in [0.25, 0.3) is 0 Å². The molecule has 0 aliphatic rings. The lowest BCUT2D eigenvalue weighted by molar-refractivity contribution is -0.159. The second-order valence-electron chi connectivity index (χ2n) is 4.55. The van der Waals surface area contributed by atoms with E-state index in [0.29, 0.717) is 24.0 Å². The molecule has 0 radical (unpaired) electrons. The van der Waals surface area contributed by atoms with Gasteiger partial charge in [0, 0.05) is 11.8 Å². The second-order valence-corrected chi connectivity index (χ2v) is 4.55. The summed E-state index contributed by atoms with van der Waals surface area (Å²) in [5.74, 6) is 0.857. The number of nitrogens with one attached hydrogen (secondary N) is 1. The van der Waals surface area contributed by atoms with Gasteiger partial charge >= 0.3 is 12.3 Å². The van der Waals surface area contributed by atoms with Gasteiger partial charge in [-0.15, -0.1) is 0 Å². The molecule has 112 valence electrons. The van der Waals surface area contributed by atoms with Crippen molar-refractivity contribution in [2.75, 3.05) is 18.5 Å². The Balaban J connectivity index is 2.51. The quantitative estimate of drug-likeness (QED) is 0.896. The third kappa shape index (κ3) is 6.86. The molecule has 4 nitrogen and oxygen atoms in total. The van der Waals surface area contributed by atoms with Gasteiger partial charge in [-0.25, -0.2) is 4.79 Å². The fourth-order valence-corrected chi connectivity index (χ4v) is 1.23. The maximum Gasteiger partial charge on any atom is 0.422 e. The number of halogens is 3. The van der Waals surface area contributed by atoms with E-state index in [2.05, 4.69) is 10.1 Å². The highest BCUT2D eigenvalue weighted by Gasteiger charge is 2.29. The van der Waals surface area contributed by atoms with E-state index in [-0.39, 0.29) is 0 Å². The van der Waals surface area contributed by atoms with Crippen molar-refractivity contribution in [2.24, 2.45) is 5.92 Å². The number of carbonyl (C=O) groups excluding carboxylic acids is 1. The second kappa shape index (κ2) is 7.02. The molecule has 0 heterocycles. The monoisotopic (exact) mass is 291 g/mol. The lowest BCUT2D eigenvalue weighted by atomic mass is 10.2. The molecule has 1 aromatic carbocycles. The number of rotatable bonds is 5. The van der Waals surface area contributed by atoms with Gasteiger partial charge in [0.15, 0.2) is 6.61 Å². The van der Waals surface area contributed by atoms with E-state index in [1.807, 2.05) is 13.8 Å². The molecule has 0 spiro atoms. The largest absolute Gasteiger partial charge is 0.493 e. The van der Waals surface area contributed by atoms with E-state index in [4.69, 9.17) is 4.74 Å². The van der Waals surface area contributed by atoms with Gasteiger partial charge in [0.2, 0.25) is 0 Å². The fourth-order valence-electron chi connectivity index (χ4n) is 1.23. The summed E-state index contributed by atoms with van der Waals surface area (Å²) in [6.07, 6.45) is -5.71. The summed E-state index contributed by atoms with van der Waals surface area (Å²) in [7, 11) is 0. The normalized spacial score (nSPS) is 11.3. The van der Waals surface area contributed by atoms with Crippen LogP contribution < -0.4 is 10.1 Å². The van der Waals surface area contributed by atoms with Crippen LogP contribution in [0, 0.1) is 5.92 Å². The molecule has 1 amide bonds. The molecule has 1 aromatic rings. The summed E-state index contributed by atoms with van der Waals surface area (Å²) in [5.41, 5.74) is 0.304. The maximum absolute atomic E-state index is 11.9. The van der Waals surface area contributed by atoms with E-state index < -0.39 is 18.9 Å².